The van der Waals surface area contributed by atoms with Crippen molar-refractivity contribution >= 4 is 28.2 Å². The molecular weight excluding hydrogens is 351 g/mol. The van der Waals surface area contributed by atoms with Crippen LogP contribution in [0.1, 0.15) is 29.8 Å². The second-order valence-electron chi connectivity index (χ2n) is 5.43. The van der Waals surface area contributed by atoms with Gasteiger partial charge in [-0.05, 0) is 36.8 Å². The highest BCUT2D eigenvalue weighted by molar-refractivity contribution is 6.08. The molecule has 0 bridgehead atoms. The number of H-pyrrole nitrogens is 1. The molecule has 1 aromatic heterocycles. The molecule has 0 saturated heterocycles. The van der Waals surface area contributed by atoms with Crippen LogP contribution < -0.4 is 10.8 Å². The van der Waals surface area contributed by atoms with E-state index < -0.39 is 11.7 Å². The maximum Gasteiger partial charge on any atom is 0.276 e. The van der Waals surface area contributed by atoms with E-state index in [0.717, 1.165) is 5.56 Å². The number of rotatable bonds is 6. The van der Waals surface area contributed by atoms with Gasteiger partial charge in [-0.3, -0.25) is 14.7 Å². The summed E-state index contributed by atoms with van der Waals surface area (Å²) >= 11 is 0. The second-order valence-corrected chi connectivity index (χ2v) is 5.43. The molecule has 0 aliphatic heterocycles. The average Bonchev–Trinajstić information content (AvgIpc) is 3.15. The molecule has 0 saturated carbocycles. The van der Waals surface area contributed by atoms with Gasteiger partial charge in [0.1, 0.15) is 5.82 Å². The predicted octanol–water partition coefficient (Wildman–Crippen LogP) is 3.43. The first-order chi connectivity index (χ1) is 13.1. The summed E-state index contributed by atoms with van der Waals surface area (Å²) < 4.78 is 14.2. The smallest absolute Gasteiger partial charge is 0.276 e. The van der Waals surface area contributed by atoms with E-state index in [4.69, 9.17) is 9.94 Å². The first-order valence-electron chi connectivity index (χ1n) is 8.62. The largest absolute Gasteiger partial charge is 0.394 e. The number of hydroxylamine groups is 1. The summed E-state index contributed by atoms with van der Waals surface area (Å²) in [6, 6.07) is 8.05. The van der Waals surface area contributed by atoms with Gasteiger partial charge in [0.2, 0.25) is 0 Å². The first kappa shape index (κ1) is 20.3. The van der Waals surface area contributed by atoms with E-state index >= 15 is 0 Å². The van der Waals surface area contributed by atoms with E-state index in [1.54, 1.807) is 37.4 Å². The van der Waals surface area contributed by atoms with Gasteiger partial charge in [0, 0.05) is 5.39 Å². The number of carbonyl (C=O) groups excluding carboxylic acids is 1. The van der Waals surface area contributed by atoms with E-state index in [2.05, 4.69) is 21.0 Å². The second kappa shape index (κ2) is 9.65. The van der Waals surface area contributed by atoms with Crippen LogP contribution in [0.4, 0.5) is 15.8 Å². The van der Waals surface area contributed by atoms with Crippen LogP contribution in [-0.2, 0) is 4.84 Å². The Morgan fingerprint density at radius 3 is 2.78 bits per heavy atom. The van der Waals surface area contributed by atoms with Crippen LogP contribution >= 0.6 is 0 Å². The molecule has 0 atom stereocenters. The molecular formula is C19H23FN4O3. The molecule has 27 heavy (non-hydrogen) atoms. The van der Waals surface area contributed by atoms with Crippen molar-refractivity contribution in [1.82, 2.24) is 15.7 Å². The average molecular weight is 374 g/mol. The zero-order chi connectivity index (χ0) is 19.8. The van der Waals surface area contributed by atoms with E-state index in [0.29, 0.717) is 16.6 Å². The van der Waals surface area contributed by atoms with Crippen LogP contribution in [0.15, 0.2) is 36.5 Å². The van der Waals surface area contributed by atoms with Gasteiger partial charge in [0.15, 0.2) is 0 Å². The molecule has 2 aromatic carbocycles. The monoisotopic (exact) mass is 374 g/mol. The van der Waals surface area contributed by atoms with Gasteiger partial charge in [-0.25, -0.2) is 9.87 Å². The molecule has 0 fully saturated rings. The van der Waals surface area contributed by atoms with Gasteiger partial charge in [0.05, 0.1) is 41.9 Å². The lowest BCUT2D eigenvalue weighted by atomic mass is 10.1. The molecule has 1 heterocycles. The van der Waals surface area contributed by atoms with Crippen LogP contribution in [0.2, 0.25) is 0 Å². The minimum absolute atomic E-state index is 0.0327. The quantitative estimate of drug-likeness (QED) is 0.391. The summed E-state index contributed by atoms with van der Waals surface area (Å²) in [5.41, 5.74) is 4.63. The Morgan fingerprint density at radius 2 is 2.07 bits per heavy atom. The summed E-state index contributed by atoms with van der Waals surface area (Å²) in [4.78, 5) is 17.2. The van der Waals surface area contributed by atoms with E-state index in [9.17, 15) is 9.18 Å². The molecule has 144 valence electrons. The van der Waals surface area contributed by atoms with Crippen molar-refractivity contribution in [2.24, 2.45) is 0 Å². The van der Waals surface area contributed by atoms with Crippen LogP contribution in [0, 0.1) is 12.7 Å². The standard InChI is InChI=1S/C17H17FN4O3.C2H6/c1-10-2-4-15(13(18)8-10)20-16-11(17(24)22-25-7-6-23)3-5-14-12(16)9-19-21-14;1-2/h2-5,8-9,20,23H,6-7H2,1H3,(H,19,21)(H,22,24);1-2H3. The minimum atomic E-state index is -0.522. The summed E-state index contributed by atoms with van der Waals surface area (Å²) in [5, 5.41) is 19.1. The van der Waals surface area contributed by atoms with Gasteiger partial charge < -0.3 is 10.4 Å². The zero-order valence-electron chi connectivity index (χ0n) is 15.5. The van der Waals surface area contributed by atoms with Crippen molar-refractivity contribution in [3.63, 3.8) is 0 Å². The number of hydrogen-bond acceptors (Lipinski definition) is 5. The number of carbonyl (C=O) groups is 1. The Balaban J connectivity index is 0.00000126. The molecule has 0 radical (unpaired) electrons. The van der Waals surface area contributed by atoms with Gasteiger partial charge in [-0.15, -0.1) is 0 Å². The maximum absolute atomic E-state index is 14.2. The Hall–Kier alpha value is -2.97. The Morgan fingerprint density at radius 1 is 1.30 bits per heavy atom. The number of aryl methyl sites for hydroxylation is 1. The molecule has 8 heteroatoms. The third-order valence-electron chi connectivity index (χ3n) is 3.61. The molecule has 0 spiro atoms. The minimum Gasteiger partial charge on any atom is -0.394 e. The van der Waals surface area contributed by atoms with Crippen molar-refractivity contribution in [2.75, 3.05) is 18.5 Å². The summed E-state index contributed by atoms with van der Waals surface area (Å²) in [7, 11) is 0. The number of aliphatic hydroxyl groups excluding tert-OH is 1. The topological polar surface area (TPSA) is 99.3 Å². The highest BCUT2D eigenvalue weighted by Gasteiger charge is 2.17. The Bertz CT molecular complexity index is 911. The Labute approximate surface area is 156 Å². The molecule has 0 unspecified atom stereocenters. The zero-order valence-corrected chi connectivity index (χ0v) is 15.5. The maximum atomic E-state index is 14.2. The molecule has 3 rings (SSSR count). The summed E-state index contributed by atoms with van der Waals surface area (Å²) in [5.74, 6) is -0.949. The third kappa shape index (κ3) is 4.81. The molecule has 0 aliphatic carbocycles. The van der Waals surface area contributed by atoms with Gasteiger partial charge in [0.25, 0.3) is 5.91 Å². The number of nitrogens with one attached hydrogen (secondary N) is 3. The van der Waals surface area contributed by atoms with Crippen molar-refractivity contribution in [3.05, 3.63) is 53.5 Å². The van der Waals surface area contributed by atoms with Crippen LogP contribution in [0.5, 0.6) is 0 Å². The lowest BCUT2D eigenvalue weighted by molar-refractivity contribution is 0.0169. The van der Waals surface area contributed by atoms with Crippen LogP contribution in [0.25, 0.3) is 10.9 Å². The number of amides is 1. The van der Waals surface area contributed by atoms with Crippen LogP contribution in [-0.4, -0.2) is 34.4 Å². The van der Waals surface area contributed by atoms with Crippen molar-refractivity contribution in [1.29, 1.82) is 0 Å². The third-order valence-corrected chi connectivity index (χ3v) is 3.61. The molecule has 7 nitrogen and oxygen atoms in total. The highest BCUT2D eigenvalue weighted by atomic mass is 19.1. The fraction of sp³-hybridized carbons (Fsp3) is 0.263. The highest BCUT2D eigenvalue weighted by Crippen LogP contribution is 2.30. The number of halogens is 1. The number of anilines is 2. The molecule has 1 amide bonds. The fourth-order valence-corrected chi connectivity index (χ4v) is 2.41. The number of hydrogen-bond donors (Lipinski definition) is 4. The molecule has 0 aliphatic rings. The number of nitrogens with zero attached hydrogens (tertiary/aromatic N) is 1. The van der Waals surface area contributed by atoms with Gasteiger partial charge >= 0.3 is 0 Å². The van der Waals surface area contributed by atoms with Crippen LogP contribution in [0.3, 0.4) is 0 Å². The summed E-state index contributed by atoms with van der Waals surface area (Å²) in [6.07, 6.45) is 1.55. The SMILES string of the molecule is CC.Cc1ccc(Nc2c(C(=O)NOCCO)ccc3[nH]ncc23)c(F)c1. The number of aliphatic hydroxyl groups is 1. The number of fused-ring (bicyclic) bond motifs is 1. The lowest BCUT2D eigenvalue weighted by Gasteiger charge is -2.14. The lowest BCUT2D eigenvalue weighted by Crippen LogP contribution is -2.25. The summed E-state index contributed by atoms with van der Waals surface area (Å²) in [6.45, 7) is 5.54. The van der Waals surface area contributed by atoms with E-state index in [1.807, 2.05) is 13.8 Å². The number of aromatic amines is 1. The van der Waals surface area contributed by atoms with Gasteiger partial charge in [-0.2, -0.15) is 5.10 Å². The van der Waals surface area contributed by atoms with Crippen molar-refractivity contribution in [3.8, 4) is 0 Å². The van der Waals surface area contributed by atoms with Crippen molar-refractivity contribution < 1.29 is 19.1 Å². The first-order valence-corrected chi connectivity index (χ1v) is 8.62. The number of benzene rings is 2. The van der Waals surface area contributed by atoms with E-state index in [1.165, 1.54) is 6.07 Å². The molecule has 4 N–H and O–H groups in total. The van der Waals surface area contributed by atoms with Gasteiger partial charge in [-0.1, -0.05) is 19.9 Å². The normalized spacial score (nSPS) is 10.3. The molecule has 3 aromatic rings. The number of aromatic nitrogens is 2. The van der Waals surface area contributed by atoms with E-state index in [-0.39, 0.29) is 24.5 Å². The predicted molar refractivity (Wildman–Crippen MR) is 102 cm³/mol. The fourth-order valence-electron chi connectivity index (χ4n) is 2.41. The van der Waals surface area contributed by atoms with Crippen molar-refractivity contribution in [2.45, 2.75) is 20.8 Å². The Kier molecular flexibility index (Phi) is 7.27.